The highest BCUT2D eigenvalue weighted by molar-refractivity contribution is 8.00. The maximum atomic E-state index is 11.4. The molecule has 1 amide bonds. The SMILES string of the molecule is CC(CSC(C)C(=O)N(C)C)C(=O)O. The van der Waals surface area contributed by atoms with E-state index in [1.54, 1.807) is 27.9 Å². The molecule has 0 aliphatic rings. The number of carbonyl (C=O) groups is 2. The molecule has 0 saturated carbocycles. The lowest BCUT2D eigenvalue weighted by molar-refractivity contribution is -0.140. The van der Waals surface area contributed by atoms with E-state index in [9.17, 15) is 9.59 Å². The number of hydrogen-bond donors (Lipinski definition) is 1. The van der Waals surface area contributed by atoms with Gasteiger partial charge in [-0.05, 0) is 6.92 Å². The second kappa shape index (κ2) is 5.90. The number of nitrogens with zero attached hydrogens (tertiary/aromatic N) is 1. The number of carboxylic acids is 1. The molecule has 0 radical (unpaired) electrons. The van der Waals surface area contributed by atoms with Crippen molar-refractivity contribution < 1.29 is 14.7 Å². The minimum Gasteiger partial charge on any atom is -0.481 e. The summed E-state index contributed by atoms with van der Waals surface area (Å²) in [6.45, 7) is 3.43. The molecule has 14 heavy (non-hydrogen) atoms. The van der Waals surface area contributed by atoms with E-state index in [0.29, 0.717) is 5.75 Å². The molecular weight excluding hydrogens is 202 g/mol. The highest BCUT2D eigenvalue weighted by atomic mass is 32.2. The molecule has 0 aromatic heterocycles. The molecule has 2 unspecified atom stereocenters. The molecule has 5 heteroatoms. The average molecular weight is 219 g/mol. The van der Waals surface area contributed by atoms with Crippen molar-refractivity contribution in [2.45, 2.75) is 19.1 Å². The lowest BCUT2D eigenvalue weighted by Gasteiger charge is -2.17. The first-order valence-electron chi connectivity index (χ1n) is 4.41. The second-order valence-electron chi connectivity index (χ2n) is 3.45. The second-order valence-corrected chi connectivity index (χ2v) is 4.82. The minimum absolute atomic E-state index is 0.0209. The zero-order valence-electron chi connectivity index (χ0n) is 8.98. The molecule has 0 bridgehead atoms. The Bertz CT molecular complexity index is 218. The molecule has 0 fully saturated rings. The van der Waals surface area contributed by atoms with Gasteiger partial charge in [0.25, 0.3) is 0 Å². The number of hydrogen-bond acceptors (Lipinski definition) is 3. The Morgan fingerprint density at radius 2 is 1.86 bits per heavy atom. The van der Waals surface area contributed by atoms with Crippen LogP contribution in [0.4, 0.5) is 0 Å². The number of carboxylic acid groups (broad SMARTS) is 1. The van der Waals surface area contributed by atoms with E-state index >= 15 is 0 Å². The van der Waals surface area contributed by atoms with Crippen LogP contribution in [-0.2, 0) is 9.59 Å². The molecule has 0 rings (SSSR count). The Balaban J connectivity index is 3.90. The Hall–Kier alpha value is -0.710. The van der Waals surface area contributed by atoms with Gasteiger partial charge in [-0.25, -0.2) is 0 Å². The van der Waals surface area contributed by atoms with Crippen LogP contribution < -0.4 is 0 Å². The number of aliphatic carboxylic acids is 1. The molecule has 0 aromatic rings. The van der Waals surface area contributed by atoms with E-state index in [-0.39, 0.29) is 11.2 Å². The first-order chi connectivity index (χ1) is 6.36. The van der Waals surface area contributed by atoms with Crippen LogP contribution in [0.25, 0.3) is 0 Å². The van der Waals surface area contributed by atoms with Crippen molar-refractivity contribution in [1.29, 1.82) is 0 Å². The van der Waals surface area contributed by atoms with Crippen LogP contribution in [0.3, 0.4) is 0 Å². The summed E-state index contributed by atoms with van der Waals surface area (Å²) in [5, 5.41) is 8.46. The van der Waals surface area contributed by atoms with E-state index in [2.05, 4.69) is 0 Å². The topological polar surface area (TPSA) is 57.6 Å². The fraction of sp³-hybridized carbons (Fsp3) is 0.778. The maximum absolute atomic E-state index is 11.4. The zero-order valence-corrected chi connectivity index (χ0v) is 9.80. The summed E-state index contributed by atoms with van der Waals surface area (Å²) in [5.41, 5.74) is 0. The van der Waals surface area contributed by atoms with Crippen LogP contribution in [0.15, 0.2) is 0 Å². The van der Waals surface area contributed by atoms with Crippen molar-refractivity contribution in [3.8, 4) is 0 Å². The Morgan fingerprint density at radius 1 is 1.36 bits per heavy atom. The van der Waals surface area contributed by atoms with Gasteiger partial charge in [-0.1, -0.05) is 6.92 Å². The van der Waals surface area contributed by atoms with Gasteiger partial charge in [-0.15, -0.1) is 11.8 Å². The van der Waals surface area contributed by atoms with E-state index in [4.69, 9.17) is 5.11 Å². The van der Waals surface area contributed by atoms with Gasteiger partial charge in [-0.3, -0.25) is 9.59 Å². The Kier molecular flexibility index (Phi) is 5.60. The Labute approximate surface area is 88.7 Å². The minimum atomic E-state index is -0.818. The summed E-state index contributed by atoms with van der Waals surface area (Å²) in [6.07, 6.45) is 0. The van der Waals surface area contributed by atoms with Gasteiger partial charge in [0.15, 0.2) is 0 Å². The summed E-state index contributed by atoms with van der Waals surface area (Å²) >= 11 is 1.38. The van der Waals surface area contributed by atoms with Crippen molar-refractivity contribution in [2.75, 3.05) is 19.8 Å². The molecule has 82 valence electrons. The highest BCUT2D eigenvalue weighted by Crippen LogP contribution is 2.16. The lowest BCUT2D eigenvalue weighted by Crippen LogP contribution is -2.30. The van der Waals surface area contributed by atoms with Crippen molar-refractivity contribution in [3.63, 3.8) is 0 Å². The van der Waals surface area contributed by atoms with Crippen LogP contribution in [-0.4, -0.2) is 47.0 Å². The lowest BCUT2D eigenvalue weighted by atomic mass is 10.2. The van der Waals surface area contributed by atoms with Crippen LogP contribution in [0.1, 0.15) is 13.8 Å². The van der Waals surface area contributed by atoms with Crippen LogP contribution in [0.5, 0.6) is 0 Å². The van der Waals surface area contributed by atoms with Crippen LogP contribution >= 0.6 is 11.8 Å². The monoisotopic (exact) mass is 219 g/mol. The zero-order chi connectivity index (χ0) is 11.3. The quantitative estimate of drug-likeness (QED) is 0.747. The van der Waals surface area contributed by atoms with E-state index in [1.165, 1.54) is 16.7 Å². The first-order valence-corrected chi connectivity index (χ1v) is 5.46. The molecule has 4 nitrogen and oxygen atoms in total. The van der Waals surface area contributed by atoms with Crippen LogP contribution in [0.2, 0.25) is 0 Å². The molecule has 0 aliphatic carbocycles. The molecule has 0 spiro atoms. The van der Waals surface area contributed by atoms with Gasteiger partial charge in [0.1, 0.15) is 0 Å². The van der Waals surface area contributed by atoms with Crippen molar-refractivity contribution in [3.05, 3.63) is 0 Å². The standard InChI is InChI=1S/C9H17NO3S/c1-6(9(12)13)5-14-7(2)8(11)10(3)4/h6-7H,5H2,1-4H3,(H,12,13). The normalized spacial score (nSPS) is 14.6. The van der Waals surface area contributed by atoms with Crippen molar-refractivity contribution in [2.24, 2.45) is 5.92 Å². The van der Waals surface area contributed by atoms with Gasteiger partial charge < -0.3 is 10.0 Å². The summed E-state index contributed by atoms with van der Waals surface area (Å²) in [7, 11) is 3.39. The first kappa shape index (κ1) is 13.3. The number of thioether (sulfide) groups is 1. The van der Waals surface area contributed by atoms with Gasteiger partial charge >= 0.3 is 5.97 Å². The van der Waals surface area contributed by atoms with Gasteiger partial charge in [-0.2, -0.15) is 0 Å². The molecular formula is C9H17NO3S. The molecule has 0 aliphatic heterocycles. The molecule has 0 heterocycles. The molecule has 0 saturated heterocycles. The summed E-state index contributed by atoms with van der Waals surface area (Å²) < 4.78 is 0. The van der Waals surface area contributed by atoms with E-state index < -0.39 is 11.9 Å². The van der Waals surface area contributed by atoms with Gasteiger partial charge in [0, 0.05) is 19.8 Å². The molecule has 2 atom stereocenters. The van der Waals surface area contributed by atoms with Crippen LogP contribution in [0, 0.1) is 5.92 Å². The van der Waals surface area contributed by atoms with Crippen molar-refractivity contribution >= 4 is 23.6 Å². The fourth-order valence-electron chi connectivity index (χ4n) is 0.795. The number of rotatable bonds is 5. The van der Waals surface area contributed by atoms with Crippen molar-refractivity contribution in [1.82, 2.24) is 4.90 Å². The number of carbonyl (C=O) groups excluding carboxylic acids is 1. The largest absolute Gasteiger partial charge is 0.481 e. The predicted molar refractivity (Wildman–Crippen MR) is 57.4 cm³/mol. The van der Waals surface area contributed by atoms with Gasteiger partial charge in [0.05, 0.1) is 11.2 Å². The predicted octanol–water partition coefficient (Wildman–Crippen LogP) is 0.917. The molecule has 1 N–H and O–H groups in total. The fourth-order valence-corrected chi connectivity index (χ4v) is 1.87. The maximum Gasteiger partial charge on any atom is 0.307 e. The average Bonchev–Trinajstić information content (AvgIpc) is 2.11. The number of amides is 1. The van der Waals surface area contributed by atoms with E-state index in [0.717, 1.165) is 0 Å². The third kappa shape index (κ3) is 4.50. The van der Waals surface area contributed by atoms with E-state index in [1.807, 2.05) is 0 Å². The third-order valence-corrected chi connectivity index (χ3v) is 3.20. The highest BCUT2D eigenvalue weighted by Gasteiger charge is 2.18. The summed E-state index contributed by atoms with van der Waals surface area (Å²) in [4.78, 5) is 23.4. The third-order valence-electron chi connectivity index (χ3n) is 1.81. The Morgan fingerprint density at radius 3 is 2.21 bits per heavy atom. The smallest absolute Gasteiger partial charge is 0.307 e. The summed E-state index contributed by atoms with van der Waals surface area (Å²) in [5.74, 6) is -0.734. The van der Waals surface area contributed by atoms with Gasteiger partial charge in [0.2, 0.25) is 5.91 Å². The summed E-state index contributed by atoms with van der Waals surface area (Å²) in [6, 6.07) is 0. The molecule has 0 aromatic carbocycles.